The second kappa shape index (κ2) is 4.19. The summed E-state index contributed by atoms with van der Waals surface area (Å²) in [7, 11) is 0. The number of hydrogen-bond donors (Lipinski definition) is 0. The van der Waals surface area contributed by atoms with Crippen LogP contribution in [0.2, 0.25) is 5.15 Å². The zero-order valence-corrected chi connectivity index (χ0v) is 8.63. The van der Waals surface area contributed by atoms with Crippen molar-refractivity contribution < 1.29 is 4.92 Å². The van der Waals surface area contributed by atoms with Gasteiger partial charge >= 0.3 is 0 Å². The molecule has 6 nitrogen and oxygen atoms in total. The van der Waals surface area contributed by atoms with Gasteiger partial charge in [0, 0.05) is 18.5 Å². The quantitative estimate of drug-likeness (QED) is 0.453. The standard InChI is InChI=1S/C9H5ClN4O2/c10-9-4-6(14(15)16)3-7(13-9)8-5-11-1-2-12-8/h1-5H. The van der Waals surface area contributed by atoms with Crippen molar-refractivity contribution in [3.05, 3.63) is 46.0 Å². The van der Waals surface area contributed by atoms with Crippen molar-refractivity contribution in [1.29, 1.82) is 0 Å². The Labute approximate surface area is 95.1 Å². The molecule has 0 saturated heterocycles. The number of nitrogens with zero attached hydrogens (tertiary/aromatic N) is 4. The number of pyridine rings is 1. The lowest BCUT2D eigenvalue weighted by Crippen LogP contribution is -1.93. The third-order valence-electron chi connectivity index (χ3n) is 1.82. The van der Waals surface area contributed by atoms with E-state index in [-0.39, 0.29) is 10.8 Å². The molecule has 0 N–H and O–H groups in total. The van der Waals surface area contributed by atoms with Crippen LogP contribution in [0.1, 0.15) is 0 Å². The molecule has 0 fully saturated rings. The molecule has 2 heterocycles. The Morgan fingerprint density at radius 2 is 2.06 bits per heavy atom. The Kier molecular flexibility index (Phi) is 2.74. The van der Waals surface area contributed by atoms with Gasteiger partial charge in [-0.15, -0.1) is 0 Å². The van der Waals surface area contributed by atoms with Crippen LogP contribution in [0.4, 0.5) is 5.69 Å². The fourth-order valence-electron chi connectivity index (χ4n) is 1.15. The molecular formula is C9H5ClN4O2. The Balaban J connectivity index is 2.54. The predicted molar refractivity (Wildman–Crippen MR) is 56.9 cm³/mol. The number of halogens is 1. The van der Waals surface area contributed by atoms with Crippen LogP contribution in [-0.2, 0) is 0 Å². The summed E-state index contributed by atoms with van der Waals surface area (Å²) in [5, 5.41) is 10.7. The lowest BCUT2D eigenvalue weighted by molar-refractivity contribution is -0.384. The van der Waals surface area contributed by atoms with E-state index in [9.17, 15) is 10.1 Å². The maximum absolute atomic E-state index is 10.6. The van der Waals surface area contributed by atoms with E-state index in [1.165, 1.54) is 30.7 Å². The fourth-order valence-corrected chi connectivity index (χ4v) is 1.35. The molecule has 0 radical (unpaired) electrons. The van der Waals surface area contributed by atoms with Crippen molar-refractivity contribution in [2.45, 2.75) is 0 Å². The van der Waals surface area contributed by atoms with Crippen molar-refractivity contribution in [3.8, 4) is 11.4 Å². The SMILES string of the molecule is O=[N+]([O-])c1cc(Cl)nc(-c2cnccn2)c1. The van der Waals surface area contributed by atoms with Crippen LogP contribution in [0.25, 0.3) is 11.4 Å². The summed E-state index contributed by atoms with van der Waals surface area (Å²) in [6, 6.07) is 2.48. The van der Waals surface area contributed by atoms with Gasteiger partial charge < -0.3 is 0 Å². The molecule has 0 aliphatic heterocycles. The molecule has 0 bridgehead atoms. The zero-order valence-electron chi connectivity index (χ0n) is 7.87. The molecule has 0 aliphatic rings. The van der Waals surface area contributed by atoms with E-state index < -0.39 is 4.92 Å². The van der Waals surface area contributed by atoms with Crippen LogP contribution >= 0.6 is 11.6 Å². The smallest absolute Gasteiger partial charge is 0.261 e. The van der Waals surface area contributed by atoms with Gasteiger partial charge in [0.05, 0.1) is 22.9 Å². The average Bonchev–Trinajstić information content (AvgIpc) is 2.29. The minimum atomic E-state index is -0.534. The maximum Gasteiger partial charge on any atom is 0.274 e. The molecule has 0 saturated carbocycles. The predicted octanol–water partition coefficient (Wildman–Crippen LogP) is 2.10. The highest BCUT2D eigenvalue weighted by atomic mass is 35.5. The van der Waals surface area contributed by atoms with E-state index in [2.05, 4.69) is 15.0 Å². The molecule has 0 amide bonds. The third kappa shape index (κ3) is 2.12. The zero-order chi connectivity index (χ0) is 11.5. The highest BCUT2D eigenvalue weighted by molar-refractivity contribution is 6.29. The van der Waals surface area contributed by atoms with E-state index >= 15 is 0 Å². The van der Waals surface area contributed by atoms with Crippen LogP contribution in [0, 0.1) is 10.1 Å². The number of nitro groups is 1. The molecule has 7 heteroatoms. The molecule has 0 atom stereocenters. The Morgan fingerprint density at radius 3 is 2.69 bits per heavy atom. The highest BCUT2D eigenvalue weighted by Crippen LogP contribution is 2.23. The molecular weight excluding hydrogens is 232 g/mol. The van der Waals surface area contributed by atoms with E-state index in [1.807, 2.05) is 0 Å². The van der Waals surface area contributed by atoms with Crippen LogP contribution in [0.5, 0.6) is 0 Å². The average molecular weight is 237 g/mol. The first-order chi connectivity index (χ1) is 7.66. The highest BCUT2D eigenvalue weighted by Gasteiger charge is 2.12. The maximum atomic E-state index is 10.6. The summed E-state index contributed by atoms with van der Waals surface area (Å²) < 4.78 is 0. The summed E-state index contributed by atoms with van der Waals surface area (Å²) in [4.78, 5) is 21.9. The molecule has 0 unspecified atom stereocenters. The second-order valence-corrected chi connectivity index (χ2v) is 3.27. The molecule has 80 valence electrons. The molecule has 0 spiro atoms. The van der Waals surface area contributed by atoms with Gasteiger partial charge in [-0.2, -0.15) is 0 Å². The first kappa shape index (κ1) is 10.4. The van der Waals surface area contributed by atoms with Crippen LogP contribution in [0.15, 0.2) is 30.7 Å². The van der Waals surface area contributed by atoms with Gasteiger partial charge in [0.1, 0.15) is 10.8 Å². The van der Waals surface area contributed by atoms with Crippen molar-refractivity contribution >= 4 is 17.3 Å². The van der Waals surface area contributed by atoms with Gasteiger partial charge in [-0.1, -0.05) is 11.6 Å². The van der Waals surface area contributed by atoms with Crippen LogP contribution in [-0.4, -0.2) is 19.9 Å². The van der Waals surface area contributed by atoms with Crippen LogP contribution in [0.3, 0.4) is 0 Å². The van der Waals surface area contributed by atoms with E-state index in [4.69, 9.17) is 11.6 Å². The molecule has 16 heavy (non-hydrogen) atoms. The number of aromatic nitrogens is 3. The molecule has 2 aromatic heterocycles. The lowest BCUT2D eigenvalue weighted by atomic mass is 10.2. The Bertz CT molecular complexity index is 532. The summed E-state index contributed by atoms with van der Waals surface area (Å²) in [5.74, 6) is 0. The molecule has 0 aromatic carbocycles. The minimum absolute atomic E-state index is 0.0508. The van der Waals surface area contributed by atoms with Gasteiger partial charge in [-0.25, -0.2) is 4.98 Å². The van der Waals surface area contributed by atoms with Crippen LogP contribution < -0.4 is 0 Å². The number of rotatable bonds is 2. The molecule has 2 rings (SSSR count). The number of hydrogen-bond acceptors (Lipinski definition) is 5. The Hall–Kier alpha value is -2.08. The summed E-state index contributed by atoms with van der Waals surface area (Å²) >= 11 is 5.68. The van der Waals surface area contributed by atoms with Crippen molar-refractivity contribution in [2.75, 3.05) is 0 Å². The first-order valence-corrected chi connectivity index (χ1v) is 4.63. The van der Waals surface area contributed by atoms with Gasteiger partial charge in [-0.05, 0) is 0 Å². The van der Waals surface area contributed by atoms with Crippen molar-refractivity contribution in [3.63, 3.8) is 0 Å². The van der Waals surface area contributed by atoms with E-state index in [0.29, 0.717) is 11.4 Å². The summed E-state index contributed by atoms with van der Waals surface area (Å²) in [6.07, 6.45) is 4.44. The van der Waals surface area contributed by atoms with Crippen molar-refractivity contribution in [2.24, 2.45) is 0 Å². The summed E-state index contributed by atoms with van der Waals surface area (Å²) in [5.41, 5.74) is 0.640. The Morgan fingerprint density at radius 1 is 1.25 bits per heavy atom. The fraction of sp³-hybridized carbons (Fsp3) is 0. The van der Waals surface area contributed by atoms with Gasteiger partial charge in [-0.3, -0.25) is 20.1 Å². The topological polar surface area (TPSA) is 81.8 Å². The normalized spacial score (nSPS) is 10.1. The second-order valence-electron chi connectivity index (χ2n) is 2.88. The van der Waals surface area contributed by atoms with Crippen molar-refractivity contribution in [1.82, 2.24) is 15.0 Å². The minimum Gasteiger partial charge on any atom is -0.261 e. The van der Waals surface area contributed by atoms with Gasteiger partial charge in [0.2, 0.25) is 0 Å². The lowest BCUT2D eigenvalue weighted by Gasteiger charge is -1.99. The largest absolute Gasteiger partial charge is 0.274 e. The first-order valence-electron chi connectivity index (χ1n) is 4.25. The van der Waals surface area contributed by atoms with Gasteiger partial charge in [0.15, 0.2) is 0 Å². The monoisotopic (exact) mass is 236 g/mol. The van der Waals surface area contributed by atoms with Gasteiger partial charge in [0.25, 0.3) is 5.69 Å². The third-order valence-corrected chi connectivity index (χ3v) is 2.01. The molecule has 2 aromatic rings. The van der Waals surface area contributed by atoms with E-state index in [0.717, 1.165) is 0 Å². The molecule has 0 aliphatic carbocycles. The van der Waals surface area contributed by atoms with E-state index in [1.54, 1.807) is 0 Å². The summed E-state index contributed by atoms with van der Waals surface area (Å²) in [6.45, 7) is 0.